The van der Waals surface area contributed by atoms with Crippen LogP contribution in [0.4, 0.5) is 21.3 Å². The molecule has 1 aromatic heterocycles. The van der Waals surface area contributed by atoms with Gasteiger partial charge in [0, 0.05) is 18.8 Å². The molecule has 2 aromatic rings. The van der Waals surface area contributed by atoms with Crippen molar-refractivity contribution < 1.29 is 23.1 Å². The van der Waals surface area contributed by atoms with Gasteiger partial charge in [-0.3, -0.25) is 19.3 Å². The van der Waals surface area contributed by atoms with Crippen molar-refractivity contribution >= 4 is 61.6 Å². The quantitative estimate of drug-likeness (QED) is 0.548. The number of amides is 2. The number of nitrogens with zero attached hydrogens (tertiary/aromatic N) is 3. The van der Waals surface area contributed by atoms with Gasteiger partial charge in [0.25, 0.3) is 0 Å². The van der Waals surface area contributed by atoms with E-state index in [0.29, 0.717) is 20.7 Å². The molecule has 9 nitrogen and oxygen atoms in total. The lowest BCUT2D eigenvalue weighted by Gasteiger charge is -2.32. The molecule has 1 saturated carbocycles. The van der Waals surface area contributed by atoms with Crippen LogP contribution in [0, 0.1) is 0 Å². The van der Waals surface area contributed by atoms with Crippen LogP contribution in [0.25, 0.3) is 0 Å². The first-order valence-electron chi connectivity index (χ1n) is 9.59. The number of carbonyl (C=O) groups is 2. The third-order valence-corrected chi connectivity index (χ3v) is 7.57. The molecule has 0 aliphatic heterocycles. The molecule has 0 saturated heterocycles. The minimum atomic E-state index is -3.44. The summed E-state index contributed by atoms with van der Waals surface area (Å²) in [6.45, 7) is 0. The molecule has 0 radical (unpaired) electrons. The summed E-state index contributed by atoms with van der Waals surface area (Å²) in [4.78, 5) is 31.7. The van der Waals surface area contributed by atoms with Crippen molar-refractivity contribution in [1.29, 1.82) is 0 Å². The average Bonchev–Trinajstić information content (AvgIpc) is 3.37. The summed E-state index contributed by atoms with van der Waals surface area (Å²) in [6, 6.07) is 6.52. The van der Waals surface area contributed by atoms with Crippen molar-refractivity contribution in [2.45, 2.75) is 35.9 Å². The summed E-state index contributed by atoms with van der Waals surface area (Å²) in [5, 5.41) is 9.31. The zero-order valence-electron chi connectivity index (χ0n) is 17.1. The van der Waals surface area contributed by atoms with Gasteiger partial charge in [0.2, 0.25) is 10.0 Å². The summed E-state index contributed by atoms with van der Waals surface area (Å²) >= 11 is 2.41. The zero-order valence-corrected chi connectivity index (χ0v) is 19.6. The van der Waals surface area contributed by atoms with Crippen LogP contribution in [0.3, 0.4) is 0 Å². The smallest absolute Gasteiger partial charge is 0.330 e. The molecule has 2 amide bonds. The minimum absolute atomic E-state index is 0.00394. The molecule has 12 heteroatoms. The van der Waals surface area contributed by atoms with Gasteiger partial charge in [-0.05, 0) is 31.0 Å². The number of hydrogen-bond donors (Lipinski definition) is 2. The predicted molar refractivity (Wildman–Crippen MR) is 124 cm³/mol. The van der Waals surface area contributed by atoms with E-state index in [-0.39, 0.29) is 17.8 Å². The third kappa shape index (κ3) is 6.34. The number of carboxylic acids is 1. The Hall–Kier alpha value is -2.31. The fraction of sp³-hybridized carbons (Fsp3) is 0.421. The number of hydrogen-bond acceptors (Lipinski definition) is 7. The highest BCUT2D eigenvalue weighted by atomic mass is 32.2. The lowest BCUT2D eigenvalue weighted by molar-refractivity contribution is -0.133. The monoisotopic (exact) mass is 484 g/mol. The fourth-order valence-electron chi connectivity index (χ4n) is 3.42. The van der Waals surface area contributed by atoms with Crippen LogP contribution < -0.4 is 14.5 Å². The molecule has 1 fully saturated rings. The third-order valence-electron chi connectivity index (χ3n) is 4.71. The Morgan fingerprint density at radius 1 is 1.32 bits per heavy atom. The van der Waals surface area contributed by atoms with E-state index in [1.54, 1.807) is 42.4 Å². The predicted octanol–water partition coefficient (Wildman–Crippen LogP) is 3.70. The Bertz CT molecular complexity index is 1050. The number of carboxylic acid groups (broad SMARTS) is 1. The standard InChI is InChI=1S/C19H24N4O5S3/c1-22(18-20-11-17(30-18)29-12-16(24)25)19(26)23(14-7-3-4-8-14)15-9-5-6-13(10-15)21-31(2,27)28/h5-6,9-11,14,21H,3-4,7-8,12H2,1-2H3,(H,24,25). The van der Waals surface area contributed by atoms with Gasteiger partial charge in [0.1, 0.15) is 0 Å². The van der Waals surface area contributed by atoms with Crippen molar-refractivity contribution in [2.24, 2.45) is 0 Å². The van der Waals surface area contributed by atoms with Gasteiger partial charge in [-0.25, -0.2) is 18.2 Å². The summed E-state index contributed by atoms with van der Waals surface area (Å²) in [5.74, 6) is -0.993. The number of sulfonamides is 1. The van der Waals surface area contributed by atoms with Crippen LogP contribution in [-0.4, -0.2) is 55.6 Å². The first kappa shape index (κ1) is 23.4. The lowest BCUT2D eigenvalue weighted by atomic mass is 10.1. The van der Waals surface area contributed by atoms with Crippen molar-refractivity contribution in [3.05, 3.63) is 30.5 Å². The number of urea groups is 1. The molecule has 0 atom stereocenters. The van der Waals surface area contributed by atoms with E-state index in [9.17, 15) is 18.0 Å². The number of rotatable bonds is 8. The molecule has 1 aliphatic carbocycles. The van der Waals surface area contributed by atoms with Gasteiger partial charge in [-0.2, -0.15) is 0 Å². The van der Waals surface area contributed by atoms with Crippen LogP contribution in [0.15, 0.2) is 34.7 Å². The van der Waals surface area contributed by atoms with Gasteiger partial charge in [-0.1, -0.05) is 30.2 Å². The van der Waals surface area contributed by atoms with Gasteiger partial charge in [-0.15, -0.1) is 11.8 Å². The van der Waals surface area contributed by atoms with Crippen LogP contribution in [0.5, 0.6) is 0 Å². The second kappa shape index (κ2) is 9.88. The highest BCUT2D eigenvalue weighted by molar-refractivity contribution is 8.01. The van der Waals surface area contributed by atoms with Crippen LogP contribution in [0.2, 0.25) is 0 Å². The van der Waals surface area contributed by atoms with Crippen LogP contribution in [-0.2, 0) is 14.8 Å². The Kier molecular flexibility index (Phi) is 7.44. The van der Waals surface area contributed by atoms with Crippen molar-refractivity contribution in [3.63, 3.8) is 0 Å². The highest BCUT2D eigenvalue weighted by Crippen LogP contribution is 2.34. The molecule has 0 unspecified atom stereocenters. The number of carbonyl (C=O) groups excluding carboxylic acids is 1. The summed E-state index contributed by atoms with van der Waals surface area (Å²) in [6.07, 6.45) is 6.41. The molecule has 1 aliphatic rings. The van der Waals surface area contributed by atoms with E-state index in [4.69, 9.17) is 5.11 Å². The summed E-state index contributed by atoms with van der Waals surface area (Å²) < 4.78 is 26.4. The molecule has 2 N–H and O–H groups in total. The largest absolute Gasteiger partial charge is 0.481 e. The number of aromatic nitrogens is 1. The molecule has 1 heterocycles. The molecule has 0 bridgehead atoms. The normalized spacial score (nSPS) is 14.4. The molecular formula is C19H24N4O5S3. The number of nitrogens with one attached hydrogen (secondary N) is 1. The Balaban J connectivity index is 1.86. The van der Waals surface area contributed by atoms with Crippen molar-refractivity contribution in [1.82, 2.24) is 4.98 Å². The highest BCUT2D eigenvalue weighted by Gasteiger charge is 2.31. The summed E-state index contributed by atoms with van der Waals surface area (Å²) in [7, 11) is -1.81. The second-order valence-electron chi connectivity index (χ2n) is 7.22. The van der Waals surface area contributed by atoms with Crippen molar-refractivity contribution in [3.8, 4) is 0 Å². The average molecular weight is 485 g/mol. The Morgan fingerprint density at radius 2 is 2.03 bits per heavy atom. The SMILES string of the molecule is CN(C(=O)N(c1cccc(NS(C)(=O)=O)c1)C1CCCC1)c1ncc(SCC(=O)O)s1. The molecule has 3 rings (SSSR count). The molecule has 0 spiro atoms. The topological polar surface area (TPSA) is 120 Å². The number of aliphatic carboxylic acids is 1. The minimum Gasteiger partial charge on any atom is -0.481 e. The van der Waals surface area contributed by atoms with Gasteiger partial charge in [0.15, 0.2) is 5.13 Å². The molecule has 31 heavy (non-hydrogen) atoms. The maximum absolute atomic E-state index is 13.5. The maximum Gasteiger partial charge on any atom is 0.330 e. The van der Waals surface area contributed by atoms with Gasteiger partial charge >= 0.3 is 12.0 Å². The van der Waals surface area contributed by atoms with Gasteiger partial charge < -0.3 is 5.11 Å². The van der Waals surface area contributed by atoms with E-state index >= 15 is 0 Å². The van der Waals surface area contributed by atoms with Crippen molar-refractivity contribution in [2.75, 3.05) is 33.6 Å². The second-order valence-corrected chi connectivity index (χ2v) is 11.3. The van der Waals surface area contributed by atoms with E-state index < -0.39 is 16.0 Å². The number of thioether (sulfide) groups is 1. The van der Waals surface area contributed by atoms with Gasteiger partial charge in [0.05, 0.1) is 28.1 Å². The Morgan fingerprint density at radius 3 is 2.68 bits per heavy atom. The van der Waals surface area contributed by atoms with Crippen LogP contribution in [0.1, 0.15) is 25.7 Å². The maximum atomic E-state index is 13.5. The fourth-order valence-corrected chi connectivity index (χ4v) is 5.61. The van der Waals surface area contributed by atoms with Crippen LogP contribution >= 0.6 is 23.1 Å². The summed E-state index contributed by atoms with van der Waals surface area (Å²) in [5.41, 5.74) is 0.995. The number of anilines is 3. The zero-order chi connectivity index (χ0) is 22.6. The molecule has 168 valence electrons. The van der Waals surface area contributed by atoms with E-state index in [2.05, 4.69) is 9.71 Å². The van der Waals surface area contributed by atoms with E-state index in [0.717, 1.165) is 43.7 Å². The number of thiazole rings is 1. The van der Waals surface area contributed by atoms with E-state index in [1.165, 1.54) is 16.2 Å². The Labute approximate surface area is 189 Å². The van der Waals surface area contributed by atoms with E-state index in [1.807, 2.05) is 0 Å². The first-order chi connectivity index (χ1) is 14.6. The lowest BCUT2D eigenvalue weighted by Crippen LogP contribution is -2.46. The molecular weight excluding hydrogens is 460 g/mol. The first-order valence-corrected chi connectivity index (χ1v) is 13.3. The number of benzene rings is 1. The molecule has 1 aromatic carbocycles.